The molecule has 1 aromatic heterocycles. The fourth-order valence-corrected chi connectivity index (χ4v) is 3.71. The summed E-state index contributed by atoms with van der Waals surface area (Å²) in [5, 5.41) is 1.15. The van der Waals surface area contributed by atoms with Gasteiger partial charge in [-0.3, -0.25) is 0 Å². The van der Waals surface area contributed by atoms with Crippen molar-refractivity contribution < 1.29 is 9.47 Å². The monoisotopic (exact) mass is 395 g/mol. The molecule has 0 amide bonds. The minimum absolute atomic E-state index is 0.0214. The predicted molar refractivity (Wildman–Crippen MR) is 119 cm³/mol. The van der Waals surface area contributed by atoms with E-state index in [9.17, 15) is 4.53 Å². The number of benzene rings is 3. The Morgan fingerprint density at radius 1 is 0.857 bits per heavy atom. The standard InChI is InChI=1S/C15H11FOS.C7H9N.C2H6/c16-17-10-12-9-14-13(7-4-8-15(14)18-12)11-5-2-1-3-6-11;8-6-7-4-2-1-3-5-7;1-2/h1-9H,10H2;1-5H,6,8H2;1-2H3. The number of hydrogen-bond acceptors (Lipinski definition) is 3. The lowest BCUT2D eigenvalue weighted by Gasteiger charge is -2.02. The molecule has 146 valence electrons. The van der Waals surface area contributed by atoms with Crippen LogP contribution in [0.3, 0.4) is 0 Å². The average molecular weight is 396 g/mol. The lowest BCUT2D eigenvalue weighted by Crippen LogP contribution is -1.94. The summed E-state index contributed by atoms with van der Waals surface area (Å²) in [6, 6.07) is 28.4. The van der Waals surface area contributed by atoms with Gasteiger partial charge >= 0.3 is 0 Å². The molecule has 4 aromatic rings. The molecular formula is C24H26FNOS. The highest BCUT2D eigenvalue weighted by atomic mass is 32.1. The fraction of sp³-hybridized carbons (Fsp3) is 0.167. The van der Waals surface area contributed by atoms with Crippen molar-refractivity contribution in [2.45, 2.75) is 27.0 Å². The Kier molecular flexibility index (Phi) is 9.35. The van der Waals surface area contributed by atoms with Crippen molar-refractivity contribution in [2.24, 2.45) is 5.73 Å². The zero-order valence-corrected chi connectivity index (χ0v) is 17.1. The summed E-state index contributed by atoms with van der Waals surface area (Å²) in [7, 11) is 0. The topological polar surface area (TPSA) is 35.2 Å². The van der Waals surface area contributed by atoms with Gasteiger partial charge < -0.3 is 5.73 Å². The lowest BCUT2D eigenvalue weighted by atomic mass is 10.0. The molecule has 0 aliphatic carbocycles. The van der Waals surface area contributed by atoms with Crippen molar-refractivity contribution in [3.8, 4) is 11.1 Å². The number of nitrogens with two attached hydrogens (primary N) is 1. The molecular weight excluding hydrogens is 369 g/mol. The first kappa shape index (κ1) is 21.8. The number of rotatable bonds is 4. The maximum atomic E-state index is 11.9. The van der Waals surface area contributed by atoms with Crippen LogP contribution >= 0.6 is 11.3 Å². The molecule has 28 heavy (non-hydrogen) atoms. The molecule has 2 nitrogen and oxygen atoms in total. The summed E-state index contributed by atoms with van der Waals surface area (Å²) in [5.74, 6) is 0. The quantitative estimate of drug-likeness (QED) is 0.398. The van der Waals surface area contributed by atoms with Crippen molar-refractivity contribution in [1.29, 1.82) is 0 Å². The van der Waals surface area contributed by atoms with E-state index in [-0.39, 0.29) is 6.61 Å². The van der Waals surface area contributed by atoms with E-state index in [1.54, 1.807) is 11.3 Å². The number of halogens is 1. The van der Waals surface area contributed by atoms with E-state index in [1.165, 1.54) is 16.7 Å². The van der Waals surface area contributed by atoms with E-state index in [4.69, 9.17) is 5.73 Å². The summed E-state index contributed by atoms with van der Waals surface area (Å²) < 4.78 is 13.1. The van der Waals surface area contributed by atoms with E-state index in [2.05, 4.69) is 23.1 Å². The zero-order chi connectivity index (χ0) is 20.2. The molecule has 0 fully saturated rings. The largest absolute Gasteiger partial charge is 0.326 e. The molecule has 0 saturated heterocycles. The Hall–Kier alpha value is -2.53. The summed E-state index contributed by atoms with van der Waals surface area (Å²) in [6.07, 6.45) is 0. The van der Waals surface area contributed by atoms with E-state index in [0.717, 1.165) is 15.0 Å². The smallest absolute Gasteiger partial charge is 0.122 e. The zero-order valence-electron chi connectivity index (χ0n) is 16.3. The second kappa shape index (κ2) is 12.0. The van der Waals surface area contributed by atoms with Crippen molar-refractivity contribution in [2.75, 3.05) is 0 Å². The number of fused-ring (bicyclic) bond motifs is 1. The van der Waals surface area contributed by atoms with Crippen LogP contribution in [0.25, 0.3) is 21.2 Å². The Morgan fingerprint density at radius 3 is 2.07 bits per heavy atom. The van der Waals surface area contributed by atoms with E-state index in [1.807, 2.05) is 80.6 Å². The van der Waals surface area contributed by atoms with Gasteiger partial charge in [0.1, 0.15) is 6.61 Å². The predicted octanol–water partition coefficient (Wildman–Crippen LogP) is 7.14. The van der Waals surface area contributed by atoms with Crippen LogP contribution in [0.5, 0.6) is 0 Å². The third kappa shape index (κ3) is 5.99. The number of hydrogen-bond donors (Lipinski definition) is 1. The molecule has 2 N–H and O–H groups in total. The van der Waals surface area contributed by atoms with Gasteiger partial charge in [0.2, 0.25) is 0 Å². The van der Waals surface area contributed by atoms with Gasteiger partial charge in [0, 0.05) is 21.5 Å². The highest BCUT2D eigenvalue weighted by molar-refractivity contribution is 7.19. The minimum atomic E-state index is 0.0214. The summed E-state index contributed by atoms with van der Waals surface area (Å²) in [6.45, 7) is 4.66. The molecule has 0 saturated carbocycles. The van der Waals surface area contributed by atoms with Crippen LogP contribution in [0.15, 0.2) is 84.9 Å². The van der Waals surface area contributed by atoms with Crippen molar-refractivity contribution >= 4 is 21.4 Å². The van der Waals surface area contributed by atoms with E-state index < -0.39 is 0 Å². The Morgan fingerprint density at radius 2 is 1.50 bits per heavy atom. The van der Waals surface area contributed by atoms with Crippen LogP contribution in [-0.2, 0) is 18.1 Å². The van der Waals surface area contributed by atoms with Crippen molar-refractivity contribution in [1.82, 2.24) is 0 Å². The maximum absolute atomic E-state index is 11.9. The molecule has 4 rings (SSSR count). The second-order valence-electron chi connectivity index (χ2n) is 5.74. The van der Waals surface area contributed by atoms with Gasteiger partial charge in [-0.15, -0.1) is 11.3 Å². The summed E-state index contributed by atoms with van der Waals surface area (Å²) >= 11 is 1.57. The van der Waals surface area contributed by atoms with Crippen LogP contribution in [0.2, 0.25) is 0 Å². The maximum Gasteiger partial charge on any atom is 0.122 e. The first-order chi connectivity index (χ1) is 13.8. The first-order valence-corrected chi connectivity index (χ1v) is 10.2. The molecule has 4 heteroatoms. The van der Waals surface area contributed by atoms with Crippen LogP contribution in [0.1, 0.15) is 24.3 Å². The van der Waals surface area contributed by atoms with Gasteiger partial charge in [-0.1, -0.05) is 86.6 Å². The highest BCUT2D eigenvalue weighted by Gasteiger charge is 2.07. The van der Waals surface area contributed by atoms with Gasteiger partial charge in [0.15, 0.2) is 0 Å². The third-order valence-electron chi connectivity index (χ3n) is 3.97. The molecule has 1 heterocycles. The van der Waals surface area contributed by atoms with Gasteiger partial charge in [-0.25, -0.2) is 0 Å². The molecule has 0 aliphatic heterocycles. The SMILES string of the molecule is CC.FOCc1cc2c(-c3ccccc3)cccc2s1.NCc1ccccc1. The lowest BCUT2D eigenvalue weighted by molar-refractivity contribution is -0.143. The fourth-order valence-electron chi connectivity index (χ4n) is 2.72. The van der Waals surface area contributed by atoms with Crippen LogP contribution in [0.4, 0.5) is 4.53 Å². The van der Waals surface area contributed by atoms with Gasteiger partial charge in [-0.05, 0) is 33.3 Å². The molecule has 0 radical (unpaired) electrons. The molecule has 0 spiro atoms. The normalized spacial score (nSPS) is 9.86. The van der Waals surface area contributed by atoms with E-state index in [0.29, 0.717) is 6.54 Å². The Balaban J connectivity index is 0.000000236. The summed E-state index contributed by atoms with van der Waals surface area (Å²) in [5.41, 5.74) is 8.89. The van der Waals surface area contributed by atoms with Crippen LogP contribution in [0, 0.1) is 0 Å². The van der Waals surface area contributed by atoms with E-state index >= 15 is 0 Å². The molecule has 0 bridgehead atoms. The Bertz CT molecular complexity index is 939. The van der Waals surface area contributed by atoms with Gasteiger partial charge in [0.05, 0.1) is 0 Å². The first-order valence-electron chi connectivity index (χ1n) is 9.36. The molecule has 0 atom stereocenters. The highest BCUT2D eigenvalue weighted by Crippen LogP contribution is 2.34. The van der Waals surface area contributed by atoms with Crippen molar-refractivity contribution in [3.05, 3.63) is 95.4 Å². The van der Waals surface area contributed by atoms with Gasteiger partial charge in [0.25, 0.3) is 0 Å². The summed E-state index contributed by atoms with van der Waals surface area (Å²) in [4.78, 5) is 4.61. The van der Waals surface area contributed by atoms with Crippen molar-refractivity contribution in [3.63, 3.8) is 0 Å². The average Bonchev–Trinajstić information content (AvgIpc) is 3.20. The molecule has 3 aromatic carbocycles. The second-order valence-corrected chi connectivity index (χ2v) is 6.91. The Labute approximate surface area is 170 Å². The minimum Gasteiger partial charge on any atom is -0.326 e. The molecule has 0 unspecified atom stereocenters. The van der Waals surface area contributed by atoms with Gasteiger partial charge in [-0.2, -0.15) is 4.94 Å². The van der Waals surface area contributed by atoms with Crippen LogP contribution < -0.4 is 5.73 Å². The number of thiophene rings is 1. The van der Waals surface area contributed by atoms with Crippen LogP contribution in [-0.4, -0.2) is 0 Å². The molecule has 0 aliphatic rings. The third-order valence-corrected chi connectivity index (χ3v) is 5.05.